The topological polar surface area (TPSA) is 49.4 Å². The Hall–Kier alpha value is -2.54. The van der Waals surface area contributed by atoms with Crippen LogP contribution in [0.1, 0.15) is 50.2 Å². The number of carbonyl (C=O) groups is 2. The molecule has 2 aromatic rings. The molecule has 0 saturated carbocycles. The highest BCUT2D eigenvalue weighted by Gasteiger charge is 2.39. The van der Waals surface area contributed by atoms with Crippen molar-refractivity contribution in [2.45, 2.75) is 51.2 Å². The summed E-state index contributed by atoms with van der Waals surface area (Å²) in [5, 5.41) is 2.56. The number of hydrogen-bond donors (Lipinski definition) is 1. The third kappa shape index (κ3) is 4.61. The second kappa shape index (κ2) is 8.68. The highest BCUT2D eigenvalue weighted by molar-refractivity contribution is 6.34. The lowest BCUT2D eigenvalue weighted by atomic mass is 9.98. The standard InChI is InChI=1S/C22H22ClF3N2O2/c1-3-13(2)14-4-7-16(8-5-14)27-21(30)19-10-11-20(29)28(19)18-9-6-15(12-17(18)23)22(24,25)26/h4-9,12-13,19H,3,10-11H2,1-2H3,(H,27,30)/t13?,19-/m0/s1. The maximum absolute atomic E-state index is 12.9. The first-order valence-electron chi connectivity index (χ1n) is 9.71. The van der Waals surface area contributed by atoms with Crippen molar-refractivity contribution in [3.63, 3.8) is 0 Å². The van der Waals surface area contributed by atoms with Gasteiger partial charge in [-0.2, -0.15) is 13.2 Å². The fraction of sp³-hybridized carbons (Fsp3) is 0.364. The van der Waals surface area contributed by atoms with E-state index in [0.717, 1.165) is 30.2 Å². The minimum absolute atomic E-state index is 0.0967. The highest BCUT2D eigenvalue weighted by Crippen LogP contribution is 2.38. The Bertz CT molecular complexity index is 944. The first kappa shape index (κ1) is 22.2. The quantitative estimate of drug-likeness (QED) is 0.621. The summed E-state index contributed by atoms with van der Waals surface area (Å²) in [5.41, 5.74) is 0.930. The van der Waals surface area contributed by atoms with Crippen LogP contribution in [-0.4, -0.2) is 17.9 Å². The summed E-state index contributed by atoms with van der Waals surface area (Å²) in [6.07, 6.45) is -3.18. The number of halogens is 4. The molecule has 0 aliphatic carbocycles. The smallest absolute Gasteiger partial charge is 0.324 e. The van der Waals surface area contributed by atoms with Crippen LogP contribution in [-0.2, 0) is 15.8 Å². The molecular weight excluding hydrogens is 417 g/mol. The molecule has 2 amide bonds. The zero-order valence-electron chi connectivity index (χ0n) is 16.6. The van der Waals surface area contributed by atoms with Gasteiger partial charge in [0.05, 0.1) is 16.3 Å². The van der Waals surface area contributed by atoms with Crippen molar-refractivity contribution in [2.75, 3.05) is 10.2 Å². The number of nitrogens with one attached hydrogen (secondary N) is 1. The molecule has 3 rings (SSSR count). The van der Waals surface area contributed by atoms with E-state index in [2.05, 4.69) is 19.2 Å². The summed E-state index contributed by atoms with van der Waals surface area (Å²) in [6, 6.07) is 9.39. The van der Waals surface area contributed by atoms with Crippen molar-refractivity contribution in [1.82, 2.24) is 0 Å². The van der Waals surface area contributed by atoms with Crippen LogP contribution >= 0.6 is 11.6 Å². The number of hydrogen-bond acceptors (Lipinski definition) is 2. The second-order valence-corrected chi connectivity index (χ2v) is 7.81. The SMILES string of the molecule is CCC(C)c1ccc(NC(=O)[C@@H]2CCC(=O)N2c2ccc(C(F)(F)F)cc2Cl)cc1. The van der Waals surface area contributed by atoms with Crippen molar-refractivity contribution >= 4 is 34.8 Å². The zero-order chi connectivity index (χ0) is 22.1. The van der Waals surface area contributed by atoms with Crippen molar-refractivity contribution < 1.29 is 22.8 Å². The van der Waals surface area contributed by atoms with E-state index in [9.17, 15) is 22.8 Å². The molecule has 1 aliphatic rings. The molecule has 1 unspecified atom stereocenters. The first-order valence-corrected chi connectivity index (χ1v) is 10.1. The normalized spacial score (nSPS) is 17.9. The number of nitrogens with zero attached hydrogens (tertiary/aromatic N) is 1. The Morgan fingerprint density at radius 2 is 1.90 bits per heavy atom. The molecule has 4 nitrogen and oxygen atoms in total. The lowest BCUT2D eigenvalue weighted by Crippen LogP contribution is -2.42. The third-order valence-corrected chi connectivity index (χ3v) is 5.71. The predicted octanol–water partition coefficient (Wildman–Crippen LogP) is 6.01. The van der Waals surface area contributed by atoms with Crippen LogP contribution in [0.25, 0.3) is 0 Å². The monoisotopic (exact) mass is 438 g/mol. The molecule has 8 heteroatoms. The molecule has 160 valence electrons. The molecule has 0 radical (unpaired) electrons. The van der Waals surface area contributed by atoms with Gasteiger partial charge in [-0.05, 0) is 54.7 Å². The van der Waals surface area contributed by atoms with Gasteiger partial charge >= 0.3 is 6.18 Å². The Morgan fingerprint density at radius 1 is 1.23 bits per heavy atom. The fourth-order valence-corrected chi connectivity index (χ4v) is 3.74. The zero-order valence-corrected chi connectivity index (χ0v) is 17.3. The predicted molar refractivity (Wildman–Crippen MR) is 111 cm³/mol. The van der Waals surface area contributed by atoms with Crippen LogP contribution in [0.3, 0.4) is 0 Å². The van der Waals surface area contributed by atoms with Crippen molar-refractivity contribution in [3.8, 4) is 0 Å². The largest absolute Gasteiger partial charge is 0.416 e. The molecule has 0 aromatic heterocycles. The Kier molecular flexibility index (Phi) is 6.41. The van der Waals surface area contributed by atoms with Gasteiger partial charge in [-0.25, -0.2) is 0 Å². The molecule has 2 aromatic carbocycles. The maximum atomic E-state index is 12.9. The van der Waals surface area contributed by atoms with E-state index in [1.807, 2.05) is 12.1 Å². The van der Waals surface area contributed by atoms with E-state index >= 15 is 0 Å². The van der Waals surface area contributed by atoms with Gasteiger partial charge < -0.3 is 5.32 Å². The summed E-state index contributed by atoms with van der Waals surface area (Å²) in [6.45, 7) is 4.21. The number of amides is 2. The lowest BCUT2D eigenvalue weighted by molar-refractivity contribution is -0.137. The molecule has 2 atom stereocenters. The summed E-state index contributed by atoms with van der Waals surface area (Å²) in [4.78, 5) is 26.4. The van der Waals surface area contributed by atoms with Gasteiger partial charge in [0.2, 0.25) is 11.8 Å². The molecule has 0 spiro atoms. The molecule has 1 N–H and O–H groups in total. The van der Waals surface area contributed by atoms with Crippen LogP contribution in [0.5, 0.6) is 0 Å². The average Bonchev–Trinajstić information content (AvgIpc) is 3.08. The van der Waals surface area contributed by atoms with Gasteiger partial charge in [0.25, 0.3) is 0 Å². The van der Waals surface area contributed by atoms with Gasteiger partial charge in [0.1, 0.15) is 6.04 Å². The second-order valence-electron chi connectivity index (χ2n) is 7.40. The average molecular weight is 439 g/mol. The lowest BCUT2D eigenvalue weighted by Gasteiger charge is -2.25. The van der Waals surface area contributed by atoms with Crippen LogP contribution in [0.2, 0.25) is 5.02 Å². The van der Waals surface area contributed by atoms with Gasteiger partial charge in [-0.15, -0.1) is 0 Å². The van der Waals surface area contributed by atoms with E-state index < -0.39 is 23.7 Å². The van der Waals surface area contributed by atoms with Gasteiger partial charge in [-0.3, -0.25) is 14.5 Å². The van der Waals surface area contributed by atoms with Crippen molar-refractivity contribution in [2.24, 2.45) is 0 Å². The molecule has 30 heavy (non-hydrogen) atoms. The van der Waals surface area contributed by atoms with E-state index in [4.69, 9.17) is 11.6 Å². The van der Waals surface area contributed by atoms with Crippen LogP contribution in [0, 0.1) is 0 Å². The van der Waals surface area contributed by atoms with E-state index in [1.165, 1.54) is 4.90 Å². The molecule has 1 aliphatic heterocycles. The van der Waals surface area contributed by atoms with Gasteiger partial charge in [0, 0.05) is 12.1 Å². The highest BCUT2D eigenvalue weighted by atomic mass is 35.5. The molecule has 1 fully saturated rings. The Balaban J connectivity index is 1.80. The van der Waals surface area contributed by atoms with Crippen molar-refractivity contribution in [1.29, 1.82) is 0 Å². The Labute approximate surface area is 178 Å². The van der Waals surface area contributed by atoms with Gasteiger partial charge in [-0.1, -0.05) is 37.6 Å². The van der Waals surface area contributed by atoms with Crippen LogP contribution < -0.4 is 10.2 Å². The third-order valence-electron chi connectivity index (χ3n) is 5.41. The van der Waals surface area contributed by atoms with Crippen molar-refractivity contribution in [3.05, 3.63) is 58.6 Å². The maximum Gasteiger partial charge on any atom is 0.416 e. The van der Waals surface area contributed by atoms with E-state index in [0.29, 0.717) is 11.6 Å². The molecule has 0 bridgehead atoms. The fourth-order valence-electron chi connectivity index (χ4n) is 3.47. The number of benzene rings is 2. The summed E-state index contributed by atoms with van der Waals surface area (Å²) in [5.74, 6) is -0.364. The number of rotatable bonds is 5. The molecule has 1 heterocycles. The van der Waals surface area contributed by atoms with Gasteiger partial charge in [0.15, 0.2) is 0 Å². The first-order chi connectivity index (χ1) is 14.1. The Morgan fingerprint density at radius 3 is 2.47 bits per heavy atom. The summed E-state index contributed by atoms with van der Waals surface area (Å²) >= 11 is 6.05. The summed E-state index contributed by atoms with van der Waals surface area (Å²) < 4.78 is 38.7. The number of anilines is 2. The number of alkyl halides is 3. The van der Waals surface area contributed by atoms with Crippen LogP contribution in [0.4, 0.5) is 24.5 Å². The van der Waals surface area contributed by atoms with Crippen LogP contribution in [0.15, 0.2) is 42.5 Å². The molecular formula is C22H22ClF3N2O2. The van der Waals surface area contributed by atoms with E-state index in [-0.39, 0.29) is 29.5 Å². The number of carbonyl (C=O) groups excluding carboxylic acids is 2. The summed E-state index contributed by atoms with van der Waals surface area (Å²) in [7, 11) is 0. The minimum atomic E-state index is -4.55. The van der Waals surface area contributed by atoms with E-state index in [1.54, 1.807) is 12.1 Å². The minimum Gasteiger partial charge on any atom is -0.324 e. The molecule has 1 saturated heterocycles.